The number of hydrogen-bond acceptors (Lipinski definition) is 6. The fourth-order valence-corrected chi connectivity index (χ4v) is 2.87. The van der Waals surface area contributed by atoms with E-state index in [9.17, 15) is 14.9 Å². The fraction of sp³-hybridized carbons (Fsp3) is 0.217. The van der Waals surface area contributed by atoms with Crippen molar-refractivity contribution in [1.29, 1.82) is 0 Å². The summed E-state index contributed by atoms with van der Waals surface area (Å²) < 4.78 is 11.1. The lowest BCUT2D eigenvalue weighted by molar-refractivity contribution is -0.385. The molecule has 8 heteroatoms. The number of amides is 1. The minimum absolute atomic E-state index is 0.132. The summed E-state index contributed by atoms with van der Waals surface area (Å²) >= 11 is 0. The van der Waals surface area contributed by atoms with Crippen molar-refractivity contribution in [1.82, 2.24) is 10.3 Å². The first-order valence-electron chi connectivity index (χ1n) is 9.77. The highest BCUT2D eigenvalue weighted by Crippen LogP contribution is 2.28. The van der Waals surface area contributed by atoms with E-state index in [0.717, 1.165) is 22.4 Å². The molecule has 0 saturated carbocycles. The Morgan fingerprint density at radius 3 is 2.58 bits per heavy atom. The molecule has 0 aliphatic heterocycles. The molecule has 1 heterocycles. The predicted molar refractivity (Wildman–Crippen MR) is 116 cm³/mol. The number of nitrogens with one attached hydrogen (secondary N) is 1. The number of aromatic nitrogens is 1. The number of carbonyl (C=O) groups is 1. The summed E-state index contributed by atoms with van der Waals surface area (Å²) in [6.45, 7) is 6.20. The van der Waals surface area contributed by atoms with Crippen LogP contribution in [-0.4, -0.2) is 22.4 Å². The minimum atomic E-state index is -0.569. The number of pyridine rings is 1. The quantitative estimate of drug-likeness (QED) is 0.417. The van der Waals surface area contributed by atoms with Crippen LogP contribution in [0.4, 0.5) is 5.69 Å². The summed E-state index contributed by atoms with van der Waals surface area (Å²) in [6.07, 6.45) is 1.61. The van der Waals surface area contributed by atoms with Crippen molar-refractivity contribution in [3.05, 3.63) is 87.1 Å². The van der Waals surface area contributed by atoms with E-state index in [0.29, 0.717) is 12.5 Å². The fourth-order valence-electron chi connectivity index (χ4n) is 2.87. The van der Waals surface area contributed by atoms with Crippen LogP contribution in [0.1, 0.15) is 34.0 Å². The summed E-state index contributed by atoms with van der Waals surface area (Å²) in [4.78, 5) is 27.4. The van der Waals surface area contributed by atoms with Crippen LogP contribution in [0, 0.1) is 24.0 Å². The molecule has 0 aliphatic carbocycles. The number of aryl methyl sites for hydroxylation is 2. The smallest absolute Gasteiger partial charge is 0.311 e. The molecule has 8 nitrogen and oxygen atoms in total. The number of nitro groups is 1. The van der Waals surface area contributed by atoms with Crippen molar-refractivity contribution in [2.24, 2.45) is 0 Å². The van der Waals surface area contributed by atoms with Gasteiger partial charge in [0.15, 0.2) is 5.75 Å². The third-order valence-electron chi connectivity index (χ3n) is 4.53. The third-order valence-corrected chi connectivity index (χ3v) is 4.53. The van der Waals surface area contributed by atoms with Gasteiger partial charge in [-0.3, -0.25) is 14.9 Å². The van der Waals surface area contributed by atoms with Crippen LogP contribution in [0.3, 0.4) is 0 Å². The monoisotopic (exact) mass is 421 g/mol. The Hall–Kier alpha value is -3.94. The molecule has 3 rings (SSSR count). The normalized spacial score (nSPS) is 10.4. The SMILES string of the molecule is CCOc1ccc(C(=O)NCc2ccc(Oc3cc(C)ccc3C)nc2)cc1[N+](=O)[O-]. The topological polar surface area (TPSA) is 104 Å². The van der Waals surface area contributed by atoms with Gasteiger partial charge in [-0.05, 0) is 55.7 Å². The van der Waals surface area contributed by atoms with Gasteiger partial charge in [0.25, 0.3) is 5.91 Å². The van der Waals surface area contributed by atoms with E-state index in [-0.39, 0.29) is 23.5 Å². The summed E-state index contributed by atoms with van der Waals surface area (Å²) in [7, 11) is 0. The van der Waals surface area contributed by atoms with Gasteiger partial charge >= 0.3 is 5.69 Å². The molecule has 1 amide bonds. The molecule has 0 radical (unpaired) electrons. The van der Waals surface area contributed by atoms with E-state index in [1.165, 1.54) is 18.2 Å². The highest BCUT2D eigenvalue weighted by molar-refractivity contribution is 5.95. The van der Waals surface area contributed by atoms with Crippen molar-refractivity contribution in [3.8, 4) is 17.4 Å². The lowest BCUT2D eigenvalue weighted by atomic mass is 10.1. The predicted octanol–water partition coefficient (Wildman–Crippen LogP) is 4.73. The molecule has 0 saturated heterocycles. The molecule has 1 N–H and O–H groups in total. The van der Waals surface area contributed by atoms with Gasteiger partial charge in [-0.15, -0.1) is 0 Å². The zero-order chi connectivity index (χ0) is 22.4. The van der Waals surface area contributed by atoms with Gasteiger partial charge in [0.1, 0.15) is 5.75 Å². The number of benzene rings is 2. The van der Waals surface area contributed by atoms with Crippen LogP contribution in [-0.2, 0) is 6.54 Å². The average Bonchev–Trinajstić information content (AvgIpc) is 2.76. The van der Waals surface area contributed by atoms with E-state index in [1.807, 2.05) is 32.0 Å². The summed E-state index contributed by atoms with van der Waals surface area (Å²) in [6, 6.07) is 13.6. The number of rotatable bonds is 8. The van der Waals surface area contributed by atoms with E-state index in [2.05, 4.69) is 10.3 Å². The van der Waals surface area contributed by atoms with E-state index in [4.69, 9.17) is 9.47 Å². The molecule has 1 aromatic heterocycles. The van der Waals surface area contributed by atoms with Gasteiger partial charge in [-0.2, -0.15) is 0 Å². The summed E-state index contributed by atoms with van der Waals surface area (Å²) in [5.41, 5.74) is 2.80. The summed E-state index contributed by atoms with van der Waals surface area (Å²) in [5, 5.41) is 14.0. The number of ether oxygens (including phenoxy) is 2. The minimum Gasteiger partial charge on any atom is -0.487 e. The maximum atomic E-state index is 12.4. The van der Waals surface area contributed by atoms with Gasteiger partial charge in [0.05, 0.1) is 11.5 Å². The van der Waals surface area contributed by atoms with E-state index < -0.39 is 10.8 Å². The molecule has 2 aromatic carbocycles. The molecular weight excluding hydrogens is 398 g/mol. The molecule has 160 valence electrons. The molecule has 31 heavy (non-hydrogen) atoms. The van der Waals surface area contributed by atoms with Crippen molar-refractivity contribution in [2.75, 3.05) is 6.61 Å². The number of carbonyl (C=O) groups excluding carboxylic acids is 1. The van der Waals surface area contributed by atoms with E-state index in [1.54, 1.807) is 25.3 Å². The average molecular weight is 421 g/mol. The lowest BCUT2D eigenvalue weighted by Gasteiger charge is -2.10. The molecule has 0 bridgehead atoms. The number of hydrogen-bond donors (Lipinski definition) is 1. The van der Waals surface area contributed by atoms with E-state index >= 15 is 0 Å². The van der Waals surface area contributed by atoms with Crippen LogP contribution in [0.5, 0.6) is 17.4 Å². The Morgan fingerprint density at radius 1 is 1.10 bits per heavy atom. The Labute approximate surface area is 180 Å². The second-order valence-corrected chi connectivity index (χ2v) is 6.93. The maximum Gasteiger partial charge on any atom is 0.311 e. The zero-order valence-corrected chi connectivity index (χ0v) is 17.5. The number of nitrogens with zero attached hydrogens (tertiary/aromatic N) is 2. The van der Waals surface area contributed by atoms with Crippen LogP contribution in [0.2, 0.25) is 0 Å². The van der Waals surface area contributed by atoms with Gasteiger partial charge < -0.3 is 14.8 Å². The first kappa shape index (κ1) is 21.8. The second-order valence-electron chi connectivity index (χ2n) is 6.93. The lowest BCUT2D eigenvalue weighted by Crippen LogP contribution is -2.23. The van der Waals surface area contributed by atoms with Gasteiger partial charge in [0.2, 0.25) is 5.88 Å². The largest absolute Gasteiger partial charge is 0.487 e. The molecule has 0 fully saturated rings. The first-order chi connectivity index (χ1) is 14.9. The molecule has 0 atom stereocenters. The maximum absolute atomic E-state index is 12.4. The molecular formula is C23H23N3O5. The zero-order valence-electron chi connectivity index (χ0n) is 17.5. The van der Waals surface area contributed by atoms with Crippen LogP contribution >= 0.6 is 0 Å². The Morgan fingerprint density at radius 2 is 1.90 bits per heavy atom. The van der Waals surface area contributed by atoms with Crippen LogP contribution in [0.25, 0.3) is 0 Å². The molecule has 0 spiro atoms. The van der Waals surface area contributed by atoms with Crippen molar-refractivity contribution < 1.29 is 19.2 Å². The van der Waals surface area contributed by atoms with Crippen LogP contribution in [0.15, 0.2) is 54.7 Å². The standard InChI is InChI=1S/C23H23N3O5/c1-4-30-20-9-8-18(12-19(20)26(28)29)23(27)25-14-17-7-10-22(24-13-17)31-21-11-15(2)5-6-16(21)3/h5-13H,4,14H2,1-3H3,(H,25,27). The first-order valence-corrected chi connectivity index (χ1v) is 9.77. The van der Waals surface area contributed by atoms with Gasteiger partial charge in [0, 0.05) is 30.4 Å². The molecule has 0 unspecified atom stereocenters. The Kier molecular flexibility index (Phi) is 6.81. The Balaban J connectivity index is 1.63. The highest BCUT2D eigenvalue weighted by Gasteiger charge is 2.18. The summed E-state index contributed by atoms with van der Waals surface area (Å²) in [5.74, 6) is 0.895. The van der Waals surface area contributed by atoms with Crippen molar-refractivity contribution >= 4 is 11.6 Å². The van der Waals surface area contributed by atoms with Crippen molar-refractivity contribution in [2.45, 2.75) is 27.3 Å². The third kappa shape index (κ3) is 5.57. The van der Waals surface area contributed by atoms with Gasteiger partial charge in [-0.25, -0.2) is 4.98 Å². The number of nitro benzene ring substituents is 1. The Bertz CT molecular complexity index is 1100. The second kappa shape index (κ2) is 9.71. The van der Waals surface area contributed by atoms with Gasteiger partial charge in [-0.1, -0.05) is 18.2 Å². The molecule has 3 aromatic rings. The van der Waals surface area contributed by atoms with Crippen LogP contribution < -0.4 is 14.8 Å². The molecule has 0 aliphatic rings. The highest BCUT2D eigenvalue weighted by atomic mass is 16.6. The van der Waals surface area contributed by atoms with Crippen molar-refractivity contribution in [3.63, 3.8) is 0 Å².